The van der Waals surface area contributed by atoms with Gasteiger partial charge in [0.1, 0.15) is 0 Å². The topological polar surface area (TPSA) is 65.5 Å². The van der Waals surface area contributed by atoms with E-state index in [1.165, 1.54) is 4.90 Å². The summed E-state index contributed by atoms with van der Waals surface area (Å²) >= 11 is 0. The number of pyridine rings is 1. The van der Waals surface area contributed by atoms with Crippen molar-refractivity contribution in [1.82, 2.24) is 20.1 Å². The molecule has 0 saturated carbocycles. The van der Waals surface area contributed by atoms with Crippen molar-refractivity contribution in [2.45, 2.75) is 19.6 Å². The maximum Gasteiger partial charge on any atom is 0.393 e. The lowest BCUT2D eigenvalue weighted by atomic mass is 9.94. The Hall–Kier alpha value is -2.16. The Balaban J connectivity index is 1.74. The third-order valence-corrected chi connectivity index (χ3v) is 4.82. The molecule has 3 rings (SSSR count). The number of aryl methyl sites for hydroxylation is 1. The minimum Gasteiger partial charge on any atom is -0.353 e. The molecule has 1 aromatic heterocycles. The van der Waals surface area contributed by atoms with Gasteiger partial charge in [-0.25, -0.2) is 0 Å². The van der Waals surface area contributed by atoms with Gasteiger partial charge in [-0.2, -0.15) is 13.2 Å². The number of alkyl halides is 3. The van der Waals surface area contributed by atoms with Crippen LogP contribution in [0, 0.1) is 18.8 Å². The minimum absolute atomic E-state index is 0.0229. The lowest BCUT2D eigenvalue weighted by molar-refractivity contribution is -0.186. The fourth-order valence-electron chi connectivity index (χ4n) is 3.62. The van der Waals surface area contributed by atoms with Gasteiger partial charge >= 0.3 is 6.18 Å². The van der Waals surface area contributed by atoms with Crippen molar-refractivity contribution in [3.05, 3.63) is 29.6 Å². The van der Waals surface area contributed by atoms with Crippen LogP contribution in [-0.4, -0.2) is 65.5 Å². The van der Waals surface area contributed by atoms with Gasteiger partial charge < -0.3 is 10.2 Å². The first-order valence-corrected chi connectivity index (χ1v) is 8.49. The fourth-order valence-corrected chi connectivity index (χ4v) is 3.62. The van der Waals surface area contributed by atoms with Crippen LogP contribution in [0.4, 0.5) is 13.2 Å². The van der Waals surface area contributed by atoms with Crippen LogP contribution in [0.15, 0.2) is 18.5 Å². The maximum absolute atomic E-state index is 13.5. The number of likely N-dealkylation sites (tertiary alicyclic amines) is 1. The second-order valence-corrected chi connectivity index (χ2v) is 6.93. The molecule has 0 bridgehead atoms. The van der Waals surface area contributed by atoms with Gasteiger partial charge in [0, 0.05) is 45.1 Å². The number of carbonyl (C=O) groups is 2. The molecule has 0 aliphatic carbocycles. The number of carbonyl (C=O) groups excluding carboxylic acids is 2. The number of hydrogen-bond donors (Lipinski definition) is 1. The van der Waals surface area contributed by atoms with Gasteiger partial charge in [-0.3, -0.25) is 19.5 Å². The number of amides is 2. The summed E-state index contributed by atoms with van der Waals surface area (Å²) < 4.78 is 40.5. The fraction of sp³-hybridized carbons (Fsp3) is 0.588. The summed E-state index contributed by atoms with van der Waals surface area (Å²) in [4.78, 5) is 31.1. The zero-order chi connectivity index (χ0) is 18.9. The average Bonchev–Trinajstić information content (AvgIpc) is 2.98. The van der Waals surface area contributed by atoms with Crippen LogP contribution >= 0.6 is 0 Å². The van der Waals surface area contributed by atoms with Crippen molar-refractivity contribution in [3.8, 4) is 0 Å². The molecule has 1 aromatic rings. The van der Waals surface area contributed by atoms with Crippen LogP contribution in [0.3, 0.4) is 0 Å². The molecule has 26 heavy (non-hydrogen) atoms. The number of piperazine rings is 1. The summed E-state index contributed by atoms with van der Waals surface area (Å²) in [7, 11) is 0. The lowest BCUT2D eigenvalue weighted by Gasteiger charge is -2.31. The highest BCUT2D eigenvalue weighted by atomic mass is 19.4. The summed E-state index contributed by atoms with van der Waals surface area (Å²) in [5.74, 6) is -3.84. The van der Waals surface area contributed by atoms with E-state index in [9.17, 15) is 22.8 Å². The second-order valence-electron chi connectivity index (χ2n) is 6.93. The Morgan fingerprint density at radius 3 is 2.77 bits per heavy atom. The van der Waals surface area contributed by atoms with Gasteiger partial charge in [-0.05, 0) is 18.1 Å². The van der Waals surface area contributed by atoms with E-state index >= 15 is 0 Å². The van der Waals surface area contributed by atoms with Crippen molar-refractivity contribution in [1.29, 1.82) is 0 Å². The zero-order valence-corrected chi connectivity index (χ0v) is 14.4. The Bertz CT molecular complexity index is 695. The number of rotatable bonds is 3. The first-order valence-electron chi connectivity index (χ1n) is 8.49. The molecular formula is C17H21F3N4O2. The molecule has 2 saturated heterocycles. The normalized spacial score (nSPS) is 24.6. The molecule has 0 unspecified atom stereocenters. The summed E-state index contributed by atoms with van der Waals surface area (Å²) in [5.41, 5.74) is 1.75. The highest BCUT2D eigenvalue weighted by molar-refractivity contribution is 5.87. The van der Waals surface area contributed by atoms with Gasteiger partial charge in [0.15, 0.2) is 0 Å². The molecule has 3 heterocycles. The molecule has 0 spiro atoms. The van der Waals surface area contributed by atoms with Gasteiger partial charge in [-0.1, -0.05) is 6.07 Å². The van der Waals surface area contributed by atoms with Crippen molar-refractivity contribution in [2.75, 3.05) is 32.7 Å². The van der Waals surface area contributed by atoms with Crippen LogP contribution in [0.1, 0.15) is 11.1 Å². The smallest absolute Gasteiger partial charge is 0.353 e. The van der Waals surface area contributed by atoms with Gasteiger partial charge in [0.2, 0.25) is 11.8 Å². The van der Waals surface area contributed by atoms with E-state index in [-0.39, 0.29) is 38.6 Å². The van der Waals surface area contributed by atoms with Crippen LogP contribution in [0.25, 0.3) is 0 Å². The van der Waals surface area contributed by atoms with Crippen LogP contribution < -0.4 is 5.32 Å². The van der Waals surface area contributed by atoms with Crippen LogP contribution in [0.5, 0.6) is 0 Å². The number of halogens is 3. The SMILES string of the molecule is Cc1cncc(CN2C[C@H](C(=O)N3CCNC(=O)C3)[C@@H](C(F)(F)F)C2)c1. The number of nitrogens with zero attached hydrogens (tertiary/aromatic N) is 3. The van der Waals surface area contributed by atoms with E-state index in [0.717, 1.165) is 11.1 Å². The Morgan fingerprint density at radius 2 is 2.12 bits per heavy atom. The molecule has 2 aliphatic heterocycles. The standard InChI is InChI=1S/C17H21F3N4O2/c1-11-4-12(6-21-5-11)7-23-8-13(14(9-23)17(18,19)20)16(26)24-3-2-22-15(25)10-24/h4-6,13-14H,2-3,7-10H2,1H3,(H,22,25)/t13-,14-/m0/s1. The van der Waals surface area contributed by atoms with Gasteiger partial charge in [-0.15, -0.1) is 0 Å². The van der Waals surface area contributed by atoms with E-state index in [1.54, 1.807) is 17.3 Å². The maximum atomic E-state index is 13.5. The molecule has 1 N–H and O–H groups in total. The molecule has 2 atom stereocenters. The molecule has 2 amide bonds. The van der Waals surface area contributed by atoms with E-state index in [1.807, 2.05) is 13.0 Å². The van der Waals surface area contributed by atoms with E-state index in [0.29, 0.717) is 6.54 Å². The number of nitrogens with one attached hydrogen (secondary N) is 1. The molecular weight excluding hydrogens is 349 g/mol. The van der Waals surface area contributed by atoms with Gasteiger partial charge in [0.25, 0.3) is 0 Å². The highest BCUT2D eigenvalue weighted by Gasteiger charge is 2.53. The number of hydrogen-bond acceptors (Lipinski definition) is 4. The van der Waals surface area contributed by atoms with Crippen molar-refractivity contribution >= 4 is 11.8 Å². The van der Waals surface area contributed by atoms with Crippen LogP contribution in [-0.2, 0) is 16.1 Å². The van der Waals surface area contributed by atoms with Crippen molar-refractivity contribution < 1.29 is 22.8 Å². The Labute approximate surface area is 149 Å². The monoisotopic (exact) mass is 370 g/mol. The molecule has 0 radical (unpaired) electrons. The zero-order valence-electron chi connectivity index (χ0n) is 14.4. The summed E-state index contributed by atoms with van der Waals surface area (Å²) in [5, 5.41) is 2.57. The average molecular weight is 370 g/mol. The number of aromatic nitrogens is 1. The molecule has 6 nitrogen and oxygen atoms in total. The quantitative estimate of drug-likeness (QED) is 0.861. The third kappa shape index (κ3) is 4.14. The Morgan fingerprint density at radius 1 is 1.35 bits per heavy atom. The third-order valence-electron chi connectivity index (χ3n) is 4.82. The molecule has 2 aliphatic rings. The van der Waals surface area contributed by atoms with E-state index in [2.05, 4.69) is 10.3 Å². The largest absolute Gasteiger partial charge is 0.393 e. The van der Waals surface area contributed by atoms with E-state index in [4.69, 9.17) is 0 Å². The minimum atomic E-state index is -4.46. The summed E-state index contributed by atoms with van der Waals surface area (Å²) in [6, 6.07) is 1.87. The van der Waals surface area contributed by atoms with Gasteiger partial charge in [0.05, 0.1) is 18.4 Å². The predicted molar refractivity (Wildman–Crippen MR) is 86.9 cm³/mol. The molecule has 9 heteroatoms. The first-order chi connectivity index (χ1) is 12.2. The van der Waals surface area contributed by atoms with Crippen LogP contribution in [0.2, 0.25) is 0 Å². The van der Waals surface area contributed by atoms with E-state index < -0.39 is 23.9 Å². The second kappa shape index (κ2) is 7.22. The first kappa shape index (κ1) is 18.6. The van der Waals surface area contributed by atoms with Crippen molar-refractivity contribution in [3.63, 3.8) is 0 Å². The molecule has 142 valence electrons. The predicted octanol–water partition coefficient (Wildman–Crippen LogP) is 0.959. The molecule has 0 aromatic carbocycles. The Kier molecular flexibility index (Phi) is 5.17. The molecule has 2 fully saturated rings. The lowest BCUT2D eigenvalue weighted by Crippen LogP contribution is -2.53. The summed E-state index contributed by atoms with van der Waals surface area (Å²) in [6.45, 7) is 2.31. The van der Waals surface area contributed by atoms with Crippen molar-refractivity contribution in [2.24, 2.45) is 11.8 Å². The highest BCUT2D eigenvalue weighted by Crippen LogP contribution is 2.39. The summed E-state index contributed by atoms with van der Waals surface area (Å²) in [6.07, 6.45) is -1.16.